The molecule has 27 heavy (non-hydrogen) atoms. The summed E-state index contributed by atoms with van der Waals surface area (Å²) < 4.78 is 11.0. The first-order chi connectivity index (χ1) is 13.1. The second-order valence-corrected chi connectivity index (χ2v) is 6.76. The molecule has 0 bridgehead atoms. The van der Waals surface area contributed by atoms with Gasteiger partial charge in [-0.25, -0.2) is 0 Å². The Morgan fingerprint density at radius 1 is 1.33 bits per heavy atom. The third-order valence-corrected chi connectivity index (χ3v) is 4.82. The van der Waals surface area contributed by atoms with Gasteiger partial charge in [0.05, 0.1) is 12.0 Å². The normalized spacial score (nSPS) is 18.9. The molecule has 1 heterocycles. The average molecular weight is 386 g/mol. The molecule has 0 atom stereocenters. The predicted molar refractivity (Wildman–Crippen MR) is 103 cm³/mol. The number of hydrogen-bond donors (Lipinski definition) is 2. The molecule has 1 fully saturated rings. The highest BCUT2D eigenvalue weighted by Crippen LogP contribution is 2.26. The Morgan fingerprint density at radius 2 is 2.11 bits per heavy atom. The Bertz CT molecular complexity index is 869. The highest BCUT2D eigenvalue weighted by Gasteiger charge is 2.24. The van der Waals surface area contributed by atoms with Crippen LogP contribution in [0.4, 0.5) is 4.79 Å². The van der Waals surface area contributed by atoms with Crippen LogP contribution in [-0.4, -0.2) is 35.8 Å². The van der Waals surface area contributed by atoms with Gasteiger partial charge in [-0.1, -0.05) is 23.4 Å². The van der Waals surface area contributed by atoms with Crippen molar-refractivity contribution in [3.63, 3.8) is 0 Å². The van der Waals surface area contributed by atoms with Crippen LogP contribution in [0.15, 0.2) is 57.8 Å². The molecule has 1 aliphatic carbocycles. The van der Waals surface area contributed by atoms with Gasteiger partial charge >= 0.3 is 0 Å². The van der Waals surface area contributed by atoms with E-state index in [1.54, 1.807) is 37.5 Å². The molecule has 1 aromatic rings. The molecule has 1 aliphatic heterocycles. The zero-order valence-corrected chi connectivity index (χ0v) is 15.4. The van der Waals surface area contributed by atoms with Gasteiger partial charge in [-0.05, 0) is 54.5 Å². The molecule has 2 N–H and O–H groups in total. The molecular weight excluding hydrogens is 368 g/mol. The van der Waals surface area contributed by atoms with Crippen molar-refractivity contribution in [2.24, 2.45) is 5.16 Å². The van der Waals surface area contributed by atoms with Crippen molar-refractivity contribution in [1.82, 2.24) is 5.32 Å². The maximum Gasteiger partial charge on any atom is 0.290 e. The van der Waals surface area contributed by atoms with E-state index < -0.39 is 5.91 Å². The van der Waals surface area contributed by atoms with E-state index in [-0.39, 0.29) is 11.8 Å². The molecule has 7 nitrogen and oxygen atoms in total. The zero-order chi connectivity index (χ0) is 19.2. The third-order valence-electron chi connectivity index (χ3n) is 4.01. The second kappa shape index (κ2) is 8.59. The summed E-state index contributed by atoms with van der Waals surface area (Å²) in [5.74, 6) is 0.864. The molecule has 1 aromatic carbocycles. The fraction of sp³-hybridized carbons (Fsp3) is 0.211. The van der Waals surface area contributed by atoms with Gasteiger partial charge in [0.1, 0.15) is 23.8 Å². The van der Waals surface area contributed by atoms with Gasteiger partial charge < -0.3 is 14.7 Å². The number of rotatable bonds is 6. The average Bonchev–Trinajstić information content (AvgIpc) is 3.00. The number of benzene rings is 1. The fourth-order valence-electron chi connectivity index (χ4n) is 2.68. The summed E-state index contributed by atoms with van der Waals surface area (Å²) in [6.07, 6.45) is 7.06. The Balaban J connectivity index is 1.66. The molecule has 0 saturated carbocycles. The Hall–Kier alpha value is -3.00. The molecule has 2 aliphatic rings. The lowest BCUT2D eigenvalue weighted by Crippen LogP contribution is -2.17. The van der Waals surface area contributed by atoms with Gasteiger partial charge in [0.15, 0.2) is 0 Å². The van der Waals surface area contributed by atoms with Crippen LogP contribution in [0.2, 0.25) is 0 Å². The van der Waals surface area contributed by atoms with Crippen LogP contribution in [0.5, 0.6) is 5.75 Å². The van der Waals surface area contributed by atoms with Gasteiger partial charge in [0.25, 0.3) is 11.1 Å². The number of thioether (sulfide) groups is 1. The van der Waals surface area contributed by atoms with Crippen LogP contribution < -0.4 is 10.1 Å². The standard InChI is InChI=1S/C19H18N2O5S/c1-25-16-5-3-2-4-14(16)15(21-24)11-26-13-8-6-12(7-9-13)10-17-18(22)20-19(23)27-17/h3,5-10,24H,2,4,11H2,1H3,(H,20,22,23)/b17-10-,21-15+. The lowest BCUT2D eigenvalue weighted by atomic mass is 9.99. The van der Waals surface area contributed by atoms with Crippen molar-refractivity contribution in [2.45, 2.75) is 12.8 Å². The molecule has 2 amide bonds. The number of carbonyl (C=O) groups excluding carboxylic acids is 2. The molecule has 0 radical (unpaired) electrons. The van der Waals surface area contributed by atoms with Crippen LogP contribution in [0, 0.1) is 0 Å². The summed E-state index contributed by atoms with van der Waals surface area (Å²) in [5.41, 5.74) is 2.00. The van der Waals surface area contributed by atoms with Crippen LogP contribution in [0.3, 0.4) is 0 Å². The van der Waals surface area contributed by atoms with E-state index in [2.05, 4.69) is 10.5 Å². The lowest BCUT2D eigenvalue weighted by molar-refractivity contribution is -0.115. The van der Waals surface area contributed by atoms with E-state index in [0.29, 0.717) is 28.5 Å². The smallest absolute Gasteiger partial charge is 0.290 e. The van der Waals surface area contributed by atoms with Gasteiger partial charge in [0, 0.05) is 5.57 Å². The molecule has 0 aromatic heterocycles. The maximum absolute atomic E-state index is 11.6. The third kappa shape index (κ3) is 4.59. The largest absolute Gasteiger partial charge is 0.496 e. The molecule has 0 spiro atoms. The Labute approximate surface area is 160 Å². The molecule has 3 rings (SSSR count). The maximum atomic E-state index is 11.6. The van der Waals surface area contributed by atoms with Crippen LogP contribution in [0.1, 0.15) is 18.4 Å². The second-order valence-electron chi connectivity index (χ2n) is 5.74. The minimum atomic E-state index is -0.391. The molecule has 140 valence electrons. The SMILES string of the molecule is COC1=C(/C(COc2ccc(/C=C3\SC(=O)NC3=O)cc2)=N/O)CCC=C1. The summed E-state index contributed by atoms with van der Waals surface area (Å²) in [7, 11) is 1.57. The summed E-state index contributed by atoms with van der Waals surface area (Å²) in [4.78, 5) is 23.1. The number of imide groups is 1. The quantitative estimate of drug-likeness (QED) is 0.336. The summed E-state index contributed by atoms with van der Waals surface area (Å²) in [5, 5.41) is 14.5. The van der Waals surface area contributed by atoms with Gasteiger partial charge in [0.2, 0.25) is 0 Å². The van der Waals surface area contributed by atoms with Gasteiger partial charge in [-0.3, -0.25) is 14.9 Å². The number of allylic oxidation sites excluding steroid dienone is 2. The van der Waals surface area contributed by atoms with Crippen molar-refractivity contribution in [1.29, 1.82) is 0 Å². The lowest BCUT2D eigenvalue weighted by Gasteiger charge is -2.16. The van der Waals surface area contributed by atoms with E-state index >= 15 is 0 Å². The monoisotopic (exact) mass is 386 g/mol. The molecule has 1 saturated heterocycles. The minimum Gasteiger partial charge on any atom is -0.496 e. The van der Waals surface area contributed by atoms with Crippen molar-refractivity contribution in [3.05, 3.63) is 58.2 Å². The zero-order valence-electron chi connectivity index (χ0n) is 14.6. The van der Waals surface area contributed by atoms with E-state index in [0.717, 1.165) is 29.3 Å². The van der Waals surface area contributed by atoms with Crippen molar-refractivity contribution in [2.75, 3.05) is 13.7 Å². The molecule has 8 heteroatoms. The van der Waals surface area contributed by atoms with Crippen LogP contribution in [-0.2, 0) is 9.53 Å². The van der Waals surface area contributed by atoms with Crippen molar-refractivity contribution in [3.8, 4) is 5.75 Å². The van der Waals surface area contributed by atoms with Crippen LogP contribution >= 0.6 is 11.8 Å². The number of amides is 2. The van der Waals surface area contributed by atoms with Crippen molar-refractivity contribution < 1.29 is 24.3 Å². The highest BCUT2D eigenvalue weighted by atomic mass is 32.2. The van der Waals surface area contributed by atoms with Gasteiger partial charge in [-0.2, -0.15) is 0 Å². The van der Waals surface area contributed by atoms with Gasteiger partial charge in [-0.15, -0.1) is 0 Å². The van der Waals surface area contributed by atoms with E-state index in [9.17, 15) is 14.8 Å². The fourth-order valence-corrected chi connectivity index (χ4v) is 3.36. The molecular formula is C19H18N2O5S. The number of nitrogens with zero attached hydrogens (tertiary/aromatic N) is 1. The predicted octanol–water partition coefficient (Wildman–Crippen LogP) is 3.47. The summed E-state index contributed by atoms with van der Waals surface area (Å²) >= 11 is 0.872. The first-order valence-corrected chi connectivity index (χ1v) is 9.05. The highest BCUT2D eigenvalue weighted by molar-refractivity contribution is 8.18. The number of nitrogens with one attached hydrogen (secondary N) is 1. The molecule has 0 unspecified atom stereocenters. The number of ether oxygens (including phenoxy) is 2. The van der Waals surface area contributed by atoms with Crippen molar-refractivity contribution >= 4 is 34.7 Å². The number of methoxy groups -OCH3 is 1. The summed E-state index contributed by atoms with van der Waals surface area (Å²) in [6.45, 7) is 0.0970. The first kappa shape index (κ1) is 18.8. The first-order valence-electron chi connectivity index (χ1n) is 8.23. The van der Waals surface area contributed by atoms with E-state index in [1.807, 2.05) is 12.2 Å². The topological polar surface area (TPSA) is 97.2 Å². The minimum absolute atomic E-state index is 0.0970. The van der Waals surface area contributed by atoms with Crippen LogP contribution in [0.25, 0.3) is 6.08 Å². The Morgan fingerprint density at radius 3 is 2.74 bits per heavy atom. The number of carbonyl (C=O) groups is 2. The number of hydrogen-bond acceptors (Lipinski definition) is 7. The number of oxime groups is 1. The Kier molecular flexibility index (Phi) is 5.97. The van der Waals surface area contributed by atoms with E-state index in [4.69, 9.17) is 9.47 Å². The summed E-state index contributed by atoms with van der Waals surface area (Å²) in [6, 6.07) is 7.04. The van der Waals surface area contributed by atoms with E-state index in [1.165, 1.54) is 0 Å².